The number of nitrogens with one attached hydrogen (secondary N) is 2. The third-order valence-electron chi connectivity index (χ3n) is 4.16. The summed E-state index contributed by atoms with van der Waals surface area (Å²) in [4.78, 5) is 30.8. The normalized spacial score (nSPS) is 12.4. The lowest BCUT2D eigenvalue weighted by atomic mass is 10.1. The monoisotopic (exact) mass is 378 g/mol. The van der Waals surface area contributed by atoms with Gasteiger partial charge >= 0.3 is 11.2 Å². The van der Waals surface area contributed by atoms with E-state index in [9.17, 15) is 9.59 Å². The Bertz CT molecular complexity index is 1330. The van der Waals surface area contributed by atoms with Crippen LogP contribution in [0.25, 0.3) is 28.0 Å². The molecule has 6 nitrogen and oxygen atoms in total. The van der Waals surface area contributed by atoms with Crippen molar-refractivity contribution in [3.05, 3.63) is 85.5 Å². The van der Waals surface area contributed by atoms with Gasteiger partial charge in [0.25, 0.3) is 0 Å². The van der Waals surface area contributed by atoms with Crippen molar-refractivity contribution in [2.24, 2.45) is 5.10 Å². The van der Waals surface area contributed by atoms with Gasteiger partial charge in [0, 0.05) is 15.9 Å². The Morgan fingerprint density at radius 3 is 2.63 bits per heavy atom. The molecule has 2 N–H and O–H groups in total. The van der Waals surface area contributed by atoms with Gasteiger partial charge in [-0.1, -0.05) is 48.0 Å². The van der Waals surface area contributed by atoms with Crippen LogP contribution in [0.4, 0.5) is 0 Å². The highest BCUT2D eigenvalue weighted by Gasteiger charge is 2.12. The molecule has 0 amide bonds. The maximum atomic E-state index is 12.7. The van der Waals surface area contributed by atoms with Crippen molar-refractivity contribution in [1.82, 2.24) is 14.6 Å². The molecule has 0 atom stereocenters. The van der Waals surface area contributed by atoms with E-state index in [1.165, 1.54) is 6.21 Å². The number of fused-ring (bicyclic) bond motifs is 3. The molecule has 0 unspecified atom stereocenters. The van der Waals surface area contributed by atoms with Crippen LogP contribution in [0.3, 0.4) is 0 Å². The van der Waals surface area contributed by atoms with Crippen molar-refractivity contribution in [2.75, 3.05) is 0 Å². The highest BCUT2D eigenvalue weighted by Crippen LogP contribution is 2.24. The van der Waals surface area contributed by atoms with Gasteiger partial charge in [0.05, 0.1) is 11.7 Å². The first-order chi connectivity index (χ1) is 13.0. The van der Waals surface area contributed by atoms with Gasteiger partial charge in [-0.05, 0) is 36.3 Å². The number of H-pyrrole nitrogens is 2. The van der Waals surface area contributed by atoms with E-state index in [-0.39, 0.29) is 5.52 Å². The van der Waals surface area contributed by atoms with Gasteiger partial charge < -0.3 is 9.97 Å². The molecule has 2 aromatic carbocycles. The van der Waals surface area contributed by atoms with Crippen LogP contribution in [-0.2, 0) is 0 Å². The highest BCUT2D eigenvalue weighted by atomic mass is 35.5. The molecule has 134 valence electrons. The summed E-state index contributed by atoms with van der Waals surface area (Å²) >= 11 is 6.02. The Hall–Kier alpha value is -3.38. The number of aromatic nitrogens is 3. The average molecular weight is 379 g/mol. The van der Waals surface area contributed by atoms with Crippen molar-refractivity contribution in [2.45, 2.75) is 6.92 Å². The van der Waals surface area contributed by atoms with Crippen molar-refractivity contribution in [3.63, 3.8) is 0 Å². The molecular weight excluding hydrogens is 364 g/mol. The van der Waals surface area contributed by atoms with Crippen LogP contribution < -0.4 is 11.2 Å². The zero-order valence-corrected chi connectivity index (χ0v) is 15.1. The molecule has 0 aliphatic heterocycles. The quantitative estimate of drug-likeness (QED) is 0.532. The van der Waals surface area contributed by atoms with Crippen molar-refractivity contribution < 1.29 is 0 Å². The van der Waals surface area contributed by atoms with Crippen molar-refractivity contribution >= 4 is 45.8 Å². The standard InChI is InChI=1S/C20H15ClN4O2/c1-12(9-13-5-3-2-4-6-13)11-22-25-19(26)18-17(24-20(25)27)15-10-14(21)7-8-16(15)23-18/h2-11,23H,1H3,(H,24,27). The Balaban J connectivity index is 1.81. The maximum Gasteiger partial charge on any atom is 0.350 e. The summed E-state index contributed by atoms with van der Waals surface area (Å²) in [6.45, 7) is 1.85. The van der Waals surface area contributed by atoms with Crippen LogP contribution in [0.1, 0.15) is 12.5 Å². The second-order valence-electron chi connectivity index (χ2n) is 6.16. The first-order valence-corrected chi connectivity index (χ1v) is 8.65. The topological polar surface area (TPSA) is 83.0 Å². The maximum absolute atomic E-state index is 12.7. The molecule has 0 saturated heterocycles. The minimum Gasteiger partial charge on any atom is -0.349 e. The summed E-state index contributed by atoms with van der Waals surface area (Å²) in [5.74, 6) is 0. The Kier molecular flexibility index (Phi) is 4.25. The van der Waals surface area contributed by atoms with Crippen LogP contribution in [0.15, 0.2) is 68.8 Å². The number of nitrogens with zero attached hydrogens (tertiary/aromatic N) is 2. The fourth-order valence-corrected chi connectivity index (χ4v) is 3.09. The lowest BCUT2D eigenvalue weighted by molar-refractivity contribution is 0.770. The summed E-state index contributed by atoms with van der Waals surface area (Å²) in [5.41, 5.74) is 2.08. The molecule has 4 aromatic rings. The molecule has 2 aromatic heterocycles. The molecule has 4 rings (SSSR count). The van der Waals surface area contributed by atoms with E-state index in [0.29, 0.717) is 21.4 Å². The predicted octanol–water partition coefficient (Wildman–Crippen LogP) is 3.76. The van der Waals surface area contributed by atoms with Gasteiger partial charge in [-0.25, -0.2) is 4.79 Å². The van der Waals surface area contributed by atoms with Crippen molar-refractivity contribution in [1.29, 1.82) is 0 Å². The second-order valence-corrected chi connectivity index (χ2v) is 6.59. The number of benzene rings is 2. The van der Waals surface area contributed by atoms with Crippen LogP contribution in [0, 0.1) is 0 Å². The van der Waals surface area contributed by atoms with E-state index in [2.05, 4.69) is 15.1 Å². The number of hydrogen-bond donors (Lipinski definition) is 2. The molecule has 7 heteroatoms. The molecule has 0 aliphatic rings. The molecule has 2 heterocycles. The number of rotatable bonds is 3. The van der Waals surface area contributed by atoms with Crippen LogP contribution in [0.5, 0.6) is 0 Å². The number of aromatic amines is 2. The summed E-state index contributed by atoms with van der Waals surface area (Å²) in [6, 6.07) is 14.9. The molecule has 0 bridgehead atoms. The second kappa shape index (κ2) is 6.74. The lowest BCUT2D eigenvalue weighted by Gasteiger charge is -1.98. The molecule has 27 heavy (non-hydrogen) atoms. The molecule has 0 fully saturated rings. The van der Waals surface area contributed by atoms with Gasteiger partial charge in [0.2, 0.25) is 0 Å². The third-order valence-corrected chi connectivity index (χ3v) is 4.40. The molecule has 0 saturated carbocycles. The number of allylic oxidation sites excluding steroid dienone is 1. The van der Waals surface area contributed by atoms with Crippen LogP contribution >= 0.6 is 11.6 Å². The van der Waals surface area contributed by atoms with E-state index >= 15 is 0 Å². The highest BCUT2D eigenvalue weighted by molar-refractivity contribution is 6.31. The van der Waals surface area contributed by atoms with Gasteiger partial charge in [-0.2, -0.15) is 5.10 Å². The van der Waals surface area contributed by atoms with E-state index in [0.717, 1.165) is 15.8 Å². The van der Waals surface area contributed by atoms with Crippen LogP contribution in [0.2, 0.25) is 5.02 Å². The summed E-state index contributed by atoms with van der Waals surface area (Å²) in [7, 11) is 0. The number of halogens is 1. The van der Waals surface area contributed by atoms with E-state index < -0.39 is 11.2 Å². The van der Waals surface area contributed by atoms with E-state index in [1.54, 1.807) is 18.2 Å². The third kappa shape index (κ3) is 3.22. The van der Waals surface area contributed by atoms with E-state index in [4.69, 9.17) is 11.6 Å². The smallest absolute Gasteiger partial charge is 0.349 e. The Labute approximate surface area is 158 Å². The zero-order chi connectivity index (χ0) is 19.0. The SMILES string of the molecule is CC(C=Nn1c(=O)[nH]c2c([nH]c3ccc(Cl)cc32)c1=O)=Cc1ccccc1. The zero-order valence-electron chi connectivity index (χ0n) is 14.4. The average Bonchev–Trinajstić information content (AvgIpc) is 3.00. The first kappa shape index (κ1) is 17.1. The van der Waals surface area contributed by atoms with Gasteiger partial charge in [-0.15, -0.1) is 4.68 Å². The number of hydrogen-bond acceptors (Lipinski definition) is 3. The fraction of sp³-hybridized carbons (Fsp3) is 0.0500. The largest absolute Gasteiger partial charge is 0.350 e. The van der Waals surface area contributed by atoms with Crippen LogP contribution in [-0.4, -0.2) is 20.9 Å². The Morgan fingerprint density at radius 2 is 1.85 bits per heavy atom. The lowest BCUT2D eigenvalue weighted by Crippen LogP contribution is -2.32. The summed E-state index contributed by atoms with van der Waals surface area (Å²) < 4.78 is 0.807. The molecule has 0 aliphatic carbocycles. The van der Waals surface area contributed by atoms with Gasteiger partial charge in [-0.3, -0.25) is 4.79 Å². The molecular formula is C20H15ClN4O2. The minimum atomic E-state index is -0.614. The molecule has 0 spiro atoms. The Morgan fingerprint density at radius 1 is 1.07 bits per heavy atom. The van der Waals surface area contributed by atoms with E-state index in [1.807, 2.05) is 43.3 Å². The summed E-state index contributed by atoms with van der Waals surface area (Å²) in [6.07, 6.45) is 3.39. The first-order valence-electron chi connectivity index (χ1n) is 8.27. The van der Waals surface area contributed by atoms with Gasteiger partial charge in [0.15, 0.2) is 0 Å². The predicted molar refractivity (Wildman–Crippen MR) is 110 cm³/mol. The minimum absolute atomic E-state index is 0.272. The van der Waals surface area contributed by atoms with Crippen molar-refractivity contribution in [3.8, 4) is 0 Å². The van der Waals surface area contributed by atoms with Gasteiger partial charge in [0.1, 0.15) is 5.52 Å². The molecule has 0 radical (unpaired) electrons. The fourth-order valence-electron chi connectivity index (χ4n) is 2.92. The summed E-state index contributed by atoms with van der Waals surface area (Å²) in [5, 5.41) is 5.27.